The van der Waals surface area contributed by atoms with Gasteiger partial charge in [0.2, 0.25) is 0 Å². The molecule has 92 valence electrons. The average molecular weight is 307 g/mol. The minimum atomic E-state index is -1.03. The molecule has 1 aromatic carbocycles. The summed E-state index contributed by atoms with van der Waals surface area (Å²) in [6.07, 6.45) is 0.515. The molecule has 18 heavy (non-hydrogen) atoms. The van der Waals surface area contributed by atoms with Crippen LogP contribution < -0.4 is 0 Å². The predicted molar refractivity (Wildman–Crippen MR) is 70.7 cm³/mol. The van der Waals surface area contributed by atoms with Gasteiger partial charge in [-0.3, -0.25) is 0 Å². The number of carboxylic acid groups (broad SMARTS) is 1. The summed E-state index contributed by atoms with van der Waals surface area (Å²) in [5.74, 6) is -0.513. The van der Waals surface area contributed by atoms with Gasteiger partial charge in [-0.2, -0.15) is 0 Å². The van der Waals surface area contributed by atoms with E-state index in [1.54, 1.807) is 6.92 Å². The number of carbonyl (C=O) groups is 1. The molecule has 0 fully saturated rings. The van der Waals surface area contributed by atoms with Gasteiger partial charge in [0.15, 0.2) is 5.69 Å². The number of hydrogen-bond donors (Lipinski definition) is 1. The highest BCUT2D eigenvalue weighted by Gasteiger charge is 2.09. The highest BCUT2D eigenvalue weighted by atomic mass is 79.9. The first-order valence-electron chi connectivity index (χ1n) is 5.37. The van der Waals surface area contributed by atoms with Crippen LogP contribution in [-0.2, 0) is 6.42 Å². The first-order chi connectivity index (χ1) is 8.54. The molecule has 4 nitrogen and oxygen atoms in total. The van der Waals surface area contributed by atoms with Gasteiger partial charge in [-0.15, -0.1) is 0 Å². The lowest BCUT2D eigenvalue weighted by atomic mass is 10.1. The molecule has 0 aliphatic rings. The van der Waals surface area contributed by atoms with Crippen LogP contribution >= 0.6 is 15.9 Å². The third kappa shape index (κ3) is 3.13. The first-order valence-corrected chi connectivity index (χ1v) is 6.16. The van der Waals surface area contributed by atoms with Crippen molar-refractivity contribution in [2.45, 2.75) is 13.3 Å². The van der Waals surface area contributed by atoms with Crippen LogP contribution in [0.2, 0.25) is 0 Å². The Morgan fingerprint density at radius 2 is 2.11 bits per heavy atom. The van der Waals surface area contributed by atoms with Gasteiger partial charge in [-0.25, -0.2) is 14.8 Å². The van der Waals surface area contributed by atoms with Crippen LogP contribution in [0.5, 0.6) is 0 Å². The maximum Gasteiger partial charge on any atom is 0.354 e. The van der Waals surface area contributed by atoms with E-state index in [1.807, 2.05) is 24.3 Å². The predicted octanol–water partition coefficient (Wildman–Crippen LogP) is 2.84. The monoisotopic (exact) mass is 306 g/mol. The normalized spacial score (nSPS) is 10.3. The molecular weight excluding hydrogens is 296 g/mol. The lowest BCUT2D eigenvalue weighted by molar-refractivity contribution is 0.0689. The lowest BCUT2D eigenvalue weighted by Gasteiger charge is -2.04. The maximum atomic E-state index is 10.9. The molecule has 0 radical (unpaired) electrons. The fraction of sp³-hybridized carbons (Fsp3) is 0.154. The van der Waals surface area contributed by atoms with Crippen LogP contribution in [0.15, 0.2) is 34.8 Å². The average Bonchev–Trinajstić information content (AvgIpc) is 2.28. The van der Waals surface area contributed by atoms with Crippen LogP contribution in [0.1, 0.15) is 27.6 Å². The Morgan fingerprint density at radius 1 is 1.33 bits per heavy atom. The molecule has 0 aliphatic heterocycles. The molecule has 1 aromatic heterocycles. The Labute approximate surface area is 113 Å². The summed E-state index contributed by atoms with van der Waals surface area (Å²) < 4.78 is 0.978. The van der Waals surface area contributed by atoms with Crippen LogP contribution in [0.25, 0.3) is 0 Å². The fourth-order valence-electron chi connectivity index (χ4n) is 1.65. The summed E-state index contributed by atoms with van der Waals surface area (Å²) >= 11 is 3.39. The van der Waals surface area contributed by atoms with E-state index < -0.39 is 5.97 Å². The van der Waals surface area contributed by atoms with E-state index in [1.165, 1.54) is 6.07 Å². The number of benzene rings is 1. The van der Waals surface area contributed by atoms with Crippen molar-refractivity contribution in [3.05, 3.63) is 57.6 Å². The Kier molecular flexibility index (Phi) is 3.72. The molecule has 2 aromatic rings. The van der Waals surface area contributed by atoms with Gasteiger partial charge in [-0.05, 0) is 30.7 Å². The number of aryl methyl sites for hydroxylation is 1. The molecule has 0 saturated carbocycles. The molecule has 0 amide bonds. The van der Waals surface area contributed by atoms with E-state index in [0.29, 0.717) is 17.9 Å². The molecular formula is C13H11BrN2O2. The van der Waals surface area contributed by atoms with E-state index in [-0.39, 0.29) is 5.69 Å². The van der Waals surface area contributed by atoms with Crippen molar-refractivity contribution in [2.24, 2.45) is 0 Å². The smallest absolute Gasteiger partial charge is 0.354 e. The Hall–Kier alpha value is -1.75. The van der Waals surface area contributed by atoms with E-state index in [9.17, 15) is 4.79 Å². The number of rotatable bonds is 3. The van der Waals surface area contributed by atoms with Crippen LogP contribution in [0.4, 0.5) is 0 Å². The van der Waals surface area contributed by atoms with Gasteiger partial charge in [-0.1, -0.05) is 28.1 Å². The number of hydrogen-bond acceptors (Lipinski definition) is 3. The van der Waals surface area contributed by atoms with E-state index in [0.717, 1.165) is 10.0 Å². The summed E-state index contributed by atoms with van der Waals surface area (Å²) in [6.45, 7) is 1.76. The topological polar surface area (TPSA) is 63.1 Å². The summed E-state index contributed by atoms with van der Waals surface area (Å²) in [5, 5.41) is 8.95. The van der Waals surface area contributed by atoms with Gasteiger partial charge in [0.05, 0.1) is 0 Å². The molecule has 1 heterocycles. The van der Waals surface area contributed by atoms with Crippen LogP contribution in [-0.4, -0.2) is 21.0 Å². The quantitative estimate of drug-likeness (QED) is 0.947. The van der Waals surface area contributed by atoms with Crippen molar-refractivity contribution in [1.29, 1.82) is 0 Å². The number of nitrogens with zero attached hydrogens (tertiary/aromatic N) is 2. The van der Waals surface area contributed by atoms with Gasteiger partial charge < -0.3 is 5.11 Å². The van der Waals surface area contributed by atoms with Gasteiger partial charge in [0.25, 0.3) is 0 Å². The van der Waals surface area contributed by atoms with Crippen molar-refractivity contribution >= 4 is 21.9 Å². The molecule has 0 saturated heterocycles. The van der Waals surface area contributed by atoms with Gasteiger partial charge >= 0.3 is 5.97 Å². The van der Waals surface area contributed by atoms with E-state index >= 15 is 0 Å². The third-order valence-corrected chi connectivity index (χ3v) is 2.86. The number of halogens is 1. The SMILES string of the molecule is Cc1cc(C(=O)O)nc(Cc2cccc(Br)c2)n1. The molecule has 0 bridgehead atoms. The largest absolute Gasteiger partial charge is 0.477 e. The van der Waals surface area contributed by atoms with E-state index in [4.69, 9.17) is 5.11 Å². The molecule has 5 heteroatoms. The number of aromatic nitrogens is 2. The zero-order valence-corrected chi connectivity index (χ0v) is 11.3. The van der Waals surface area contributed by atoms with Crippen molar-refractivity contribution in [1.82, 2.24) is 9.97 Å². The number of aromatic carboxylic acids is 1. The molecule has 2 rings (SSSR count). The second-order valence-corrected chi connectivity index (χ2v) is 4.84. The zero-order valence-electron chi connectivity index (χ0n) is 9.72. The van der Waals surface area contributed by atoms with Crippen molar-refractivity contribution in [2.75, 3.05) is 0 Å². The van der Waals surface area contributed by atoms with Crippen molar-refractivity contribution < 1.29 is 9.90 Å². The number of carboxylic acids is 1. The summed E-state index contributed by atoms with van der Waals surface area (Å²) in [5.41, 5.74) is 1.73. The lowest BCUT2D eigenvalue weighted by Crippen LogP contribution is -2.07. The highest BCUT2D eigenvalue weighted by molar-refractivity contribution is 9.10. The first kappa shape index (κ1) is 12.7. The zero-order chi connectivity index (χ0) is 13.1. The Balaban J connectivity index is 2.31. The molecule has 0 atom stereocenters. The molecule has 0 unspecified atom stereocenters. The minimum Gasteiger partial charge on any atom is -0.477 e. The maximum absolute atomic E-state index is 10.9. The second-order valence-electron chi connectivity index (χ2n) is 3.92. The highest BCUT2D eigenvalue weighted by Crippen LogP contribution is 2.14. The Morgan fingerprint density at radius 3 is 2.78 bits per heavy atom. The molecule has 1 N–H and O–H groups in total. The Bertz CT molecular complexity index is 599. The molecule has 0 spiro atoms. The van der Waals surface area contributed by atoms with Crippen LogP contribution in [0.3, 0.4) is 0 Å². The minimum absolute atomic E-state index is 0.0347. The van der Waals surface area contributed by atoms with Crippen molar-refractivity contribution in [3.63, 3.8) is 0 Å². The summed E-state index contributed by atoms with van der Waals surface area (Å²) in [7, 11) is 0. The van der Waals surface area contributed by atoms with E-state index in [2.05, 4.69) is 25.9 Å². The van der Waals surface area contributed by atoms with Crippen molar-refractivity contribution in [3.8, 4) is 0 Å². The summed E-state index contributed by atoms with van der Waals surface area (Å²) in [6, 6.07) is 9.24. The van der Waals surface area contributed by atoms with Gasteiger partial charge in [0.1, 0.15) is 5.82 Å². The fourth-order valence-corrected chi connectivity index (χ4v) is 2.09. The molecule has 0 aliphatic carbocycles. The van der Waals surface area contributed by atoms with Crippen LogP contribution in [0, 0.1) is 6.92 Å². The second kappa shape index (κ2) is 5.27. The van der Waals surface area contributed by atoms with Gasteiger partial charge in [0, 0.05) is 16.6 Å². The summed E-state index contributed by atoms with van der Waals surface area (Å²) in [4.78, 5) is 19.2. The standard InChI is InChI=1S/C13H11BrN2O2/c1-8-5-11(13(17)18)16-12(15-8)7-9-3-2-4-10(14)6-9/h2-6H,7H2,1H3,(H,17,18). The third-order valence-electron chi connectivity index (χ3n) is 2.37.